The summed E-state index contributed by atoms with van der Waals surface area (Å²) in [6.45, 7) is 0. The summed E-state index contributed by atoms with van der Waals surface area (Å²) in [5, 5.41) is 20.5. The zero-order valence-electron chi connectivity index (χ0n) is 9.65. The molecular weight excluding hydrogens is 359 g/mol. The van der Waals surface area contributed by atoms with Gasteiger partial charge in [-0.1, -0.05) is 12.1 Å². The fourth-order valence-corrected chi connectivity index (χ4v) is 2.03. The highest BCUT2D eigenvalue weighted by molar-refractivity contribution is 14.1. The third kappa shape index (κ3) is 3.28. The van der Waals surface area contributed by atoms with E-state index in [-0.39, 0.29) is 11.4 Å². The Morgan fingerprint density at radius 3 is 2.68 bits per heavy atom. The minimum atomic E-state index is -0.627. The number of phenolic OH excluding ortho intramolecular Hbond substituents is 1. The van der Waals surface area contributed by atoms with Gasteiger partial charge >= 0.3 is 5.69 Å². The Kier molecular flexibility index (Phi) is 4.10. The number of hydrogen-bond donors (Lipinski definition) is 1. The van der Waals surface area contributed by atoms with Crippen LogP contribution in [0.1, 0.15) is 5.56 Å². The van der Waals surface area contributed by atoms with E-state index in [1.165, 1.54) is 18.3 Å². The molecule has 19 heavy (non-hydrogen) atoms. The number of nitro groups is 1. The summed E-state index contributed by atoms with van der Waals surface area (Å²) in [5.41, 5.74) is 0.706. The zero-order chi connectivity index (χ0) is 13.8. The summed E-state index contributed by atoms with van der Waals surface area (Å²) in [6, 6.07) is 11.8. The number of aromatic hydroxyl groups is 1. The van der Waals surface area contributed by atoms with Crippen molar-refractivity contribution in [1.82, 2.24) is 0 Å². The normalized spacial score (nSPS) is 10.8. The number of nitro benzene ring substituents is 1. The fourth-order valence-electron chi connectivity index (χ4n) is 1.50. The topological polar surface area (TPSA) is 75.7 Å². The molecule has 0 aliphatic rings. The van der Waals surface area contributed by atoms with Crippen molar-refractivity contribution in [3.8, 4) is 5.75 Å². The Morgan fingerprint density at radius 2 is 2.00 bits per heavy atom. The first kappa shape index (κ1) is 13.5. The summed E-state index contributed by atoms with van der Waals surface area (Å²) >= 11 is 2.17. The average molecular weight is 368 g/mol. The van der Waals surface area contributed by atoms with E-state index in [2.05, 4.69) is 27.6 Å². The van der Waals surface area contributed by atoms with Crippen molar-refractivity contribution in [2.45, 2.75) is 0 Å². The van der Waals surface area contributed by atoms with Crippen LogP contribution in [0.3, 0.4) is 0 Å². The maximum Gasteiger partial charge on any atom is 0.311 e. The Morgan fingerprint density at radius 1 is 1.26 bits per heavy atom. The number of aliphatic imine (C=N–C) groups is 1. The van der Waals surface area contributed by atoms with Crippen LogP contribution in [0.5, 0.6) is 5.75 Å². The molecule has 2 aromatic rings. The largest absolute Gasteiger partial charge is 0.502 e. The van der Waals surface area contributed by atoms with Gasteiger partial charge in [-0.3, -0.25) is 15.1 Å². The van der Waals surface area contributed by atoms with Gasteiger partial charge in [0.2, 0.25) is 5.75 Å². The molecule has 0 spiro atoms. The highest BCUT2D eigenvalue weighted by Crippen LogP contribution is 2.28. The summed E-state index contributed by atoms with van der Waals surface area (Å²) in [4.78, 5) is 14.3. The predicted octanol–water partition coefficient (Wildman–Crippen LogP) is 3.66. The second-order valence-electron chi connectivity index (χ2n) is 3.71. The van der Waals surface area contributed by atoms with Gasteiger partial charge in [0.1, 0.15) is 0 Å². The maximum absolute atomic E-state index is 10.7. The van der Waals surface area contributed by atoms with Crippen molar-refractivity contribution in [2.75, 3.05) is 0 Å². The number of nitrogens with zero attached hydrogens (tertiary/aromatic N) is 2. The molecule has 2 rings (SSSR count). The molecule has 96 valence electrons. The van der Waals surface area contributed by atoms with E-state index in [1.807, 2.05) is 24.3 Å². The Balaban J connectivity index is 2.34. The molecule has 0 saturated carbocycles. The van der Waals surface area contributed by atoms with E-state index in [9.17, 15) is 15.2 Å². The van der Waals surface area contributed by atoms with E-state index < -0.39 is 4.92 Å². The molecular formula is C13H9IN2O3. The molecule has 0 aromatic heterocycles. The molecule has 2 aromatic carbocycles. The monoisotopic (exact) mass is 368 g/mol. The first-order chi connectivity index (χ1) is 9.08. The van der Waals surface area contributed by atoms with Gasteiger partial charge in [-0.15, -0.1) is 0 Å². The number of rotatable bonds is 3. The minimum Gasteiger partial charge on any atom is -0.502 e. The molecule has 0 atom stereocenters. The molecule has 0 fully saturated rings. The van der Waals surface area contributed by atoms with Crippen LogP contribution >= 0.6 is 22.6 Å². The lowest BCUT2D eigenvalue weighted by Crippen LogP contribution is -1.91. The minimum absolute atomic E-state index is 0.313. The van der Waals surface area contributed by atoms with Crippen molar-refractivity contribution < 1.29 is 10.0 Å². The number of benzene rings is 2. The van der Waals surface area contributed by atoms with E-state index >= 15 is 0 Å². The zero-order valence-corrected chi connectivity index (χ0v) is 11.8. The predicted molar refractivity (Wildman–Crippen MR) is 81.2 cm³/mol. The summed E-state index contributed by atoms with van der Waals surface area (Å²) in [5.74, 6) is -0.373. The van der Waals surface area contributed by atoms with E-state index in [0.29, 0.717) is 5.56 Å². The highest BCUT2D eigenvalue weighted by atomic mass is 127. The number of para-hydroxylation sites is 1. The summed E-state index contributed by atoms with van der Waals surface area (Å²) < 4.78 is 1.04. The van der Waals surface area contributed by atoms with Gasteiger partial charge in [-0.05, 0) is 46.9 Å². The second kappa shape index (κ2) is 5.79. The SMILES string of the molecule is O=[N+]([O-])c1cccc(C=Nc2cccc(I)c2)c1O. The Bertz CT molecular complexity index is 656. The van der Waals surface area contributed by atoms with E-state index in [0.717, 1.165) is 9.26 Å². The van der Waals surface area contributed by atoms with Crippen molar-refractivity contribution in [2.24, 2.45) is 4.99 Å². The number of phenols is 1. The van der Waals surface area contributed by atoms with Gasteiger partial charge in [0.25, 0.3) is 0 Å². The van der Waals surface area contributed by atoms with Crippen LogP contribution in [0, 0.1) is 13.7 Å². The summed E-state index contributed by atoms with van der Waals surface area (Å²) in [7, 11) is 0. The summed E-state index contributed by atoms with van der Waals surface area (Å²) in [6.07, 6.45) is 1.41. The van der Waals surface area contributed by atoms with Crippen molar-refractivity contribution >= 4 is 40.2 Å². The molecule has 0 aliphatic heterocycles. The lowest BCUT2D eigenvalue weighted by atomic mass is 10.2. The first-order valence-electron chi connectivity index (χ1n) is 5.34. The maximum atomic E-state index is 10.7. The van der Waals surface area contributed by atoms with Crippen LogP contribution in [0.25, 0.3) is 0 Å². The molecule has 5 nitrogen and oxygen atoms in total. The van der Waals surface area contributed by atoms with Gasteiger partial charge in [0, 0.05) is 21.4 Å². The highest BCUT2D eigenvalue weighted by Gasteiger charge is 2.14. The average Bonchev–Trinajstić information content (AvgIpc) is 2.37. The van der Waals surface area contributed by atoms with Gasteiger partial charge in [-0.25, -0.2) is 0 Å². The van der Waals surface area contributed by atoms with Crippen molar-refractivity contribution in [3.05, 3.63) is 61.7 Å². The quantitative estimate of drug-likeness (QED) is 0.389. The van der Waals surface area contributed by atoms with Gasteiger partial charge < -0.3 is 5.11 Å². The first-order valence-corrected chi connectivity index (χ1v) is 6.42. The Hall–Kier alpha value is -1.96. The molecule has 0 amide bonds. The fraction of sp³-hybridized carbons (Fsp3) is 0. The number of hydrogen-bond acceptors (Lipinski definition) is 4. The number of halogens is 1. The molecule has 0 heterocycles. The van der Waals surface area contributed by atoms with Gasteiger partial charge in [0.15, 0.2) is 0 Å². The van der Waals surface area contributed by atoms with E-state index in [1.54, 1.807) is 6.07 Å². The van der Waals surface area contributed by atoms with E-state index in [4.69, 9.17) is 0 Å². The van der Waals surface area contributed by atoms with Crippen LogP contribution in [-0.2, 0) is 0 Å². The standard InChI is InChI=1S/C13H9IN2O3/c14-10-4-2-5-11(7-10)15-8-9-3-1-6-12(13(9)17)16(18)19/h1-8,17H. The van der Waals surface area contributed by atoms with Gasteiger partial charge in [0.05, 0.1) is 10.6 Å². The van der Waals surface area contributed by atoms with Crippen molar-refractivity contribution in [1.29, 1.82) is 0 Å². The molecule has 6 heteroatoms. The smallest absolute Gasteiger partial charge is 0.311 e. The third-order valence-corrected chi connectivity index (χ3v) is 3.07. The lowest BCUT2D eigenvalue weighted by molar-refractivity contribution is -0.385. The Labute approximate surface area is 122 Å². The molecule has 1 N–H and O–H groups in total. The van der Waals surface area contributed by atoms with Crippen LogP contribution in [0.15, 0.2) is 47.5 Å². The van der Waals surface area contributed by atoms with Crippen LogP contribution in [0.4, 0.5) is 11.4 Å². The lowest BCUT2D eigenvalue weighted by Gasteiger charge is -1.99. The van der Waals surface area contributed by atoms with Gasteiger partial charge in [-0.2, -0.15) is 0 Å². The van der Waals surface area contributed by atoms with Crippen molar-refractivity contribution in [3.63, 3.8) is 0 Å². The molecule has 0 unspecified atom stereocenters. The second-order valence-corrected chi connectivity index (χ2v) is 4.96. The van der Waals surface area contributed by atoms with Crippen LogP contribution < -0.4 is 0 Å². The molecule has 0 radical (unpaired) electrons. The molecule has 0 saturated heterocycles. The third-order valence-electron chi connectivity index (χ3n) is 2.40. The molecule has 0 aliphatic carbocycles. The van der Waals surface area contributed by atoms with Crippen LogP contribution in [-0.4, -0.2) is 16.2 Å². The molecule has 0 bridgehead atoms. The van der Waals surface area contributed by atoms with Crippen LogP contribution in [0.2, 0.25) is 0 Å².